The van der Waals surface area contributed by atoms with Crippen molar-refractivity contribution in [2.75, 3.05) is 11.9 Å². The second-order valence-electron chi connectivity index (χ2n) is 9.07. The molecule has 3 heterocycles. The maximum absolute atomic E-state index is 11.1. The predicted octanol–water partition coefficient (Wildman–Crippen LogP) is 1.77. The summed E-state index contributed by atoms with van der Waals surface area (Å²) < 4.78 is 28.5. The lowest BCUT2D eigenvalue weighted by Gasteiger charge is -2.19. The fourth-order valence-electron chi connectivity index (χ4n) is 4.96. The monoisotopic (exact) mass is 508 g/mol. The number of aromatic amines is 1. The molecule has 1 saturated carbocycles. The number of H-pyrrole nitrogens is 1. The van der Waals surface area contributed by atoms with Crippen LogP contribution in [0.1, 0.15) is 6.42 Å². The Morgan fingerprint density at radius 1 is 1.08 bits per heavy atom. The highest BCUT2D eigenvalue weighted by molar-refractivity contribution is 7.84. The van der Waals surface area contributed by atoms with E-state index >= 15 is 0 Å². The summed E-state index contributed by atoms with van der Waals surface area (Å²) in [6.45, 7) is -0.316. The standard InChI is InChI=1S/C24H24N6O5S/c25-36(33,34)35-12-14-10-20(24(32)23(14)31)28-21-7-8-26-22-11-19(29-30(21)22)13-5-6-18-16(9-13)15-3-1-2-4-17(15)27-18/h1-9,11,14,20,23-24,27-28,31-32H,10,12H2,(H2,25,33,34)/t14-,20-,23-,24+/m1/s1. The molecule has 2 aromatic carbocycles. The van der Waals surface area contributed by atoms with Gasteiger partial charge in [0.15, 0.2) is 5.65 Å². The Hall–Kier alpha value is -3.55. The number of rotatable bonds is 6. The second-order valence-corrected chi connectivity index (χ2v) is 10.3. The molecule has 0 bridgehead atoms. The Balaban J connectivity index is 1.30. The molecule has 1 aliphatic carbocycles. The van der Waals surface area contributed by atoms with Gasteiger partial charge in [0.1, 0.15) is 11.9 Å². The van der Waals surface area contributed by atoms with Crippen molar-refractivity contribution >= 4 is 43.6 Å². The van der Waals surface area contributed by atoms with E-state index in [0.29, 0.717) is 11.5 Å². The van der Waals surface area contributed by atoms with Crippen LogP contribution in [-0.2, 0) is 14.5 Å². The number of aromatic nitrogens is 4. The van der Waals surface area contributed by atoms with Gasteiger partial charge < -0.3 is 20.5 Å². The van der Waals surface area contributed by atoms with Crippen LogP contribution in [0.15, 0.2) is 60.8 Å². The zero-order chi connectivity index (χ0) is 25.0. The quantitative estimate of drug-likeness (QED) is 0.231. The average molecular weight is 509 g/mol. The van der Waals surface area contributed by atoms with Crippen LogP contribution in [0.4, 0.5) is 5.82 Å². The molecule has 0 radical (unpaired) electrons. The molecule has 1 aliphatic rings. The van der Waals surface area contributed by atoms with E-state index in [1.54, 1.807) is 16.8 Å². The Morgan fingerprint density at radius 2 is 1.89 bits per heavy atom. The molecule has 6 rings (SSSR count). The summed E-state index contributed by atoms with van der Waals surface area (Å²) in [6.07, 6.45) is -0.405. The first kappa shape index (κ1) is 22.9. The van der Waals surface area contributed by atoms with E-state index in [9.17, 15) is 18.6 Å². The van der Waals surface area contributed by atoms with Crippen molar-refractivity contribution < 1.29 is 22.8 Å². The molecule has 11 nitrogen and oxygen atoms in total. The molecular formula is C24H24N6O5S. The molecule has 0 aliphatic heterocycles. The number of nitrogens with two attached hydrogens (primary N) is 1. The first-order valence-electron chi connectivity index (χ1n) is 11.4. The van der Waals surface area contributed by atoms with Crippen LogP contribution in [0.3, 0.4) is 0 Å². The molecule has 0 saturated heterocycles. The number of aliphatic hydroxyl groups is 2. The summed E-state index contributed by atoms with van der Waals surface area (Å²) in [7, 11) is -4.14. The highest BCUT2D eigenvalue weighted by Crippen LogP contribution is 2.32. The summed E-state index contributed by atoms with van der Waals surface area (Å²) in [5.41, 5.74) is 4.38. The third kappa shape index (κ3) is 4.08. The van der Waals surface area contributed by atoms with Crippen LogP contribution < -0.4 is 10.5 Å². The van der Waals surface area contributed by atoms with E-state index in [0.717, 1.165) is 33.1 Å². The van der Waals surface area contributed by atoms with Crippen molar-refractivity contribution in [1.29, 1.82) is 0 Å². The number of para-hydroxylation sites is 1. The van der Waals surface area contributed by atoms with Crippen LogP contribution in [-0.4, -0.2) is 63.1 Å². The molecule has 12 heteroatoms. The molecule has 0 spiro atoms. The van der Waals surface area contributed by atoms with Crippen molar-refractivity contribution in [2.45, 2.75) is 24.7 Å². The van der Waals surface area contributed by atoms with Crippen LogP contribution in [0.2, 0.25) is 0 Å². The Labute approximate surface area is 205 Å². The Bertz CT molecular complexity index is 1700. The van der Waals surface area contributed by atoms with Gasteiger partial charge >= 0.3 is 10.3 Å². The molecule has 0 amide bonds. The summed E-state index contributed by atoms with van der Waals surface area (Å²) in [6, 6.07) is 17.3. The van der Waals surface area contributed by atoms with E-state index in [-0.39, 0.29) is 13.0 Å². The maximum atomic E-state index is 11.1. The third-order valence-electron chi connectivity index (χ3n) is 6.74. The fourth-order valence-corrected chi connectivity index (χ4v) is 5.32. The first-order chi connectivity index (χ1) is 17.3. The minimum atomic E-state index is -4.14. The van der Waals surface area contributed by atoms with Gasteiger partial charge in [0.2, 0.25) is 0 Å². The fraction of sp³-hybridized carbons (Fsp3) is 0.250. The van der Waals surface area contributed by atoms with Crippen molar-refractivity contribution in [1.82, 2.24) is 19.6 Å². The average Bonchev–Trinajstić information content (AvgIpc) is 3.52. The molecule has 36 heavy (non-hydrogen) atoms. The molecule has 3 aromatic heterocycles. The molecule has 0 unspecified atom stereocenters. The van der Waals surface area contributed by atoms with Gasteiger partial charge in [-0.25, -0.2) is 10.1 Å². The number of nitrogens with zero attached hydrogens (tertiary/aromatic N) is 3. The van der Waals surface area contributed by atoms with E-state index in [4.69, 9.17) is 10.2 Å². The Morgan fingerprint density at radius 3 is 2.72 bits per heavy atom. The lowest BCUT2D eigenvalue weighted by molar-refractivity contribution is 0.00777. The lowest BCUT2D eigenvalue weighted by Crippen LogP contribution is -2.36. The van der Waals surface area contributed by atoms with Crippen molar-refractivity contribution in [3.8, 4) is 11.3 Å². The molecule has 6 N–H and O–H groups in total. The SMILES string of the molecule is NS(=O)(=O)OC[C@H]1C[C@@H](Nc2ccnc3cc(-c4ccc5[nH]c6ccccc6c5c4)nn23)[C@H](O)[C@@H]1O. The summed E-state index contributed by atoms with van der Waals surface area (Å²) in [5, 5.41) is 36.0. The van der Waals surface area contributed by atoms with Gasteiger partial charge in [0.05, 0.1) is 24.4 Å². The number of benzene rings is 2. The van der Waals surface area contributed by atoms with Crippen molar-refractivity contribution in [2.24, 2.45) is 11.1 Å². The van der Waals surface area contributed by atoms with Gasteiger partial charge in [0, 0.05) is 45.6 Å². The summed E-state index contributed by atoms with van der Waals surface area (Å²) in [5.74, 6) is -0.0343. The Kier molecular flexibility index (Phi) is 5.43. The molecule has 5 aromatic rings. The molecule has 4 atom stereocenters. The maximum Gasteiger partial charge on any atom is 0.333 e. The number of hydrogen-bond donors (Lipinski definition) is 5. The molecule has 1 fully saturated rings. The number of aliphatic hydroxyl groups excluding tert-OH is 2. The van der Waals surface area contributed by atoms with Crippen LogP contribution in [0, 0.1) is 5.92 Å². The van der Waals surface area contributed by atoms with Crippen LogP contribution >= 0.6 is 0 Å². The predicted molar refractivity (Wildman–Crippen MR) is 134 cm³/mol. The number of hydrogen-bond acceptors (Lipinski definition) is 8. The smallest absolute Gasteiger partial charge is 0.333 e. The zero-order valence-corrected chi connectivity index (χ0v) is 19.8. The van der Waals surface area contributed by atoms with Gasteiger partial charge in [-0.05, 0) is 30.7 Å². The largest absolute Gasteiger partial charge is 0.390 e. The van der Waals surface area contributed by atoms with Gasteiger partial charge in [-0.3, -0.25) is 4.18 Å². The number of anilines is 1. The topological polar surface area (TPSA) is 168 Å². The van der Waals surface area contributed by atoms with Gasteiger partial charge in [-0.15, -0.1) is 0 Å². The van der Waals surface area contributed by atoms with E-state index < -0.39 is 34.5 Å². The zero-order valence-electron chi connectivity index (χ0n) is 18.9. The van der Waals surface area contributed by atoms with Crippen molar-refractivity contribution in [3.05, 3.63) is 60.8 Å². The van der Waals surface area contributed by atoms with E-state index in [2.05, 4.69) is 31.6 Å². The van der Waals surface area contributed by atoms with Crippen LogP contribution in [0.25, 0.3) is 38.7 Å². The highest BCUT2D eigenvalue weighted by Gasteiger charge is 2.42. The third-order valence-corrected chi connectivity index (χ3v) is 7.21. The normalized spacial score (nSPS) is 22.6. The van der Waals surface area contributed by atoms with Crippen LogP contribution in [0.5, 0.6) is 0 Å². The van der Waals surface area contributed by atoms with Gasteiger partial charge in [0.25, 0.3) is 0 Å². The minimum absolute atomic E-state index is 0.271. The minimum Gasteiger partial charge on any atom is -0.390 e. The van der Waals surface area contributed by atoms with Gasteiger partial charge in [-0.2, -0.15) is 18.0 Å². The highest BCUT2D eigenvalue weighted by atomic mass is 32.2. The summed E-state index contributed by atoms with van der Waals surface area (Å²) >= 11 is 0. The molecule has 186 valence electrons. The number of fused-ring (bicyclic) bond motifs is 4. The van der Waals surface area contributed by atoms with Crippen molar-refractivity contribution in [3.63, 3.8) is 0 Å². The van der Waals surface area contributed by atoms with E-state index in [1.807, 2.05) is 36.4 Å². The van der Waals surface area contributed by atoms with E-state index in [1.165, 1.54) is 0 Å². The number of nitrogens with one attached hydrogen (secondary N) is 2. The molecular weight excluding hydrogens is 484 g/mol. The first-order valence-corrected chi connectivity index (χ1v) is 12.9. The van der Waals surface area contributed by atoms with Gasteiger partial charge in [-0.1, -0.05) is 24.3 Å². The summed E-state index contributed by atoms with van der Waals surface area (Å²) in [4.78, 5) is 7.83. The lowest BCUT2D eigenvalue weighted by atomic mass is 10.1. The second kappa shape index (κ2) is 8.54.